The van der Waals surface area contributed by atoms with Crippen molar-refractivity contribution in [2.75, 3.05) is 13.2 Å². The van der Waals surface area contributed by atoms with Crippen LogP contribution in [0.4, 0.5) is 0 Å². The van der Waals surface area contributed by atoms with Crippen LogP contribution in [0.25, 0.3) is 0 Å². The highest BCUT2D eigenvalue weighted by molar-refractivity contribution is 6.99. The van der Waals surface area contributed by atoms with Gasteiger partial charge in [-0.05, 0) is 69.9 Å². The van der Waals surface area contributed by atoms with Crippen LogP contribution in [0.15, 0.2) is 121 Å². The van der Waals surface area contributed by atoms with Gasteiger partial charge < -0.3 is 27.8 Å². The molecule has 6 rings (SSSR count). The highest BCUT2D eigenvalue weighted by Crippen LogP contribution is 2.52. The Hall–Kier alpha value is -2.93. The summed E-state index contributed by atoms with van der Waals surface area (Å²) in [6, 6.07) is 42.8. The summed E-state index contributed by atoms with van der Waals surface area (Å²) in [5.74, 6) is 0. The molecule has 62 heavy (non-hydrogen) atoms. The van der Waals surface area contributed by atoms with E-state index in [2.05, 4.69) is 191 Å². The third-order valence-corrected chi connectivity index (χ3v) is 25.4. The van der Waals surface area contributed by atoms with Gasteiger partial charge in [0.1, 0.15) is 5.60 Å². The van der Waals surface area contributed by atoms with Crippen molar-refractivity contribution in [1.82, 2.24) is 0 Å². The molecule has 0 aliphatic carbocycles. The molecule has 0 N–H and O–H groups in total. The summed E-state index contributed by atoms with van der Waals surface area (Å²) in [6.45, 7) is 28.1. The largest absolute Gasteiger partial charge is 0.410 e. The van der Waals surface area contributed by atoms with E-state index >= 15 is 0 Å². The number of hydrogen-bond donors (Lipinski definition) is 0. The monoisotopic (exact) mass is 879 g/mol. The first kappa shape index (κ1) is 48.5. The zero-order chi connectivity index (χ0) is 44.6. The summed E-state index contributed by atoms with van der Waals surface area (Å²) in [4.78, 5) is 0. The molecule has 2 fully saturated rings. The van der Waals surface area contributed by atoms with Crippen molar-refractivity contribution in [2.24, 2.45) is 0 Å². The minimum Gasteiger partial charge on any atom is -0.410 e. The fraction of sp³-hybridized carbons (Fsp3) is 0.556. The molecule has 0 spiro atoms. The van der Waals surface area contributed by atoms with Gasteiger partial charge in [0.05, 0.1) is 43.2 Å². The van der Waals surface area contributed by atoms with Gasteiger partial charge in [-0.25, -0.2) is 0 Å². The second kappa shape index (κ2) is 20.9. The molecule has 4 aromatic carbocycles. The Balaban J connectivity index is 1.28. The number of hydrogen-bond acceptors (Lipinski definition) is 6. The quantitative estimate of drug-likeness (QED) is 0.0651. The lowest BCUT2D eigenvalue weighted by Crippen LogP contribution is -2.71. The number of ether oxygens (including phenoxy) is 4. The van der Waals surface area contributed by atoms with Crippen LogP contribution in [0.5, 0.6) is 0 Å². The molecule has 8 heteroatoms. The Labute approximate surface area is 377 Å². The standard InChI is InChI=1S/C54H78O6Si2/c1-41(2)61(42(3)4,43(5)6)59-51-37-46(29-24-35-57-62(52(7,8)9,47-30-20-14-21-31-47)48-32-22-15-23-33-48)58-50-38-49(56-40-45-27-18-13-19-28-45)53(10,60-54(50,51)11)34-36-55-39-44-25-16-12-17-26-44/h12-23,25-28,30-33,41-43,46,49-51H,24,29,34-40H2,1-11H3/t46-,49-,50+,51-,53+,54+/m1/s1. The van der Waals surface area contributed by atoms with E-state index in [0.29, 0.717) is 55.9 Å². The Morgan fingerprint density at radius 2 is 1.15 bits per heavy atom. The Kier molecular flexibility index (Phi) is 16.4. The summed E-state index contributed by atoms with van der Waals surface area (Å²) < 4.78 is 43.4. The van der Waals surface area contributed by atoms with Crippen molar-refractivity contribution in [3.05, 3.63) is 132 Å². The fourth-order valence-corrected chi connectivity index (χ4v) is 21.4. The van der Waals surface area contributed by atoms with E-state index in [1.165, 1.54) is 15.9 Å². The van der Waals surface area contributed by atoms with Crippen molar-refractivity contribution >= 4 is 27.0 Å². The smallest absolute Gasteiger partial charge is 0.261 e. The van der Waals surface area contributed by atoms with Crippen LogP contribution in [0.3, 0.4) is 0 Å². The summed E-state index contributed by atoms with van der Waals surface area (Å²) >= 11 is 0. The van der Waals surface area contributed by atoms with E-state index in [0.717, 1.165) is 24.8 Å². The molecule has 6 atom stereocenters. The van der Waals surface area contributed by atoms with Crippen LogP contribution >= 0.6 is 0 Å². The lowest BCUT2D eigenvalue weighted by molar-refractivity contribution is -0.332. The average molecular weight is 879 g/mol. The first-order chi connectivity index (χ1) is 29.5. The van der Waals surface area contributed by atoms with Crippen molar-refractivity contribution in [1.29, 1.82) is 0 Å². The SMILES string of the molecule is CC(C)[Si](O[C@@H]1C[C@@H](CCCO[Si](c2ccccc2)(c2ccccc2)C(C)(C)C)O[C@H]2C[C@@H](OCc3ccccc3)[C@](C)(CCOCc3ccccc3)O[C@@]21C)(C(C)C)C(C)C. The van der Waals surface area contributed by atoms with Crippen molar-refractivity contribution in [3.8, 4) is 0 Å². The van der Waals surface area contributed by atoms with E-state index in [1.807, 2.05) is 6.07 Å². The Morgan fingerprint density at radius 3 is 1.65 bits per heavy atom. The van der Waals surface area contributed by atoms with Crippen LogP contribution in [0.1, 0.15) is 119 Å². The molecule has 2 aliphatic heterocycles. The minimum atomic E-state index is -2.66. The normalized spacial score (nSPS) is 24.7. The second-order valence-electron chi connectivity index (χ2n) is 20.5. The molecule has 0 radical (unpaired) electrons. The molecule has 338 valence electrons. The first-order valence-electron chi connectivity index (χ1n) is 23.6. The van der Waals surface area contributed by atoms with Gasteiger partial charge in [0.2, 0.25) is 8.32 Å². The van der Waals surface area contributed by atoms with Crippen molar-refractivity contribution in [3.63, 3.8) is 0 Å². The summed E-state index contributed by atoms with van der Waals surface area (Å²) in [7, 11) is -4.99. The molecular weight excluding hydrogens is 801 g/mol. The van der Waals surface area contributed by atoms with Gasteiger partial charge in [-0.3, -0.25) is 0 Å². The highest BCUT2D eigenvalue weighted by atomic mass is 28.4. The van der Waals surface area contributed by atoms with Gasteiger partial charge >= 0.3 is 0 Å². The predicted octanol–water partition coefficient (Wildman–Crippen LogP) is 12.2. The molecule has 0 saturated carbocycles. The van der Waals surface area contributed by atoms with Crippen molar-refractivity contribution < 1.29 is 27.8 Å². The average Bonchev–Trinajstić information content (AvgIpc) is 3.24. The number of benzene rings is 4. The van der Waals surface area contributed by atoms with Gasteiger partial charge in [-0.15, -0.1) is 0 Å². The molecule has 2 saturated heterocycles. The van der Waals surface area contributed by atoms with Crippen LogP contribution < -0.4 is 10.4 Å². The lowest BCUT2D eigenvalue weighted by Gasteiger charge is -2.60. The third kappa shape index (κ3) is 10.6. The summed E-state index contributed by atoms with van der Waals surface area (Å²) in [5.41, 5.74) is 2.32. The molecule has 4 aromatic rings. The zero-order valence-corrected chi connectivity index (χ0v) is 41.9. The topological polar surface area (TPSA) is 55.4 Å². The van der Waals surface area contributed by atoms with E-state index in [-0.39, 0.29) is 29.5 Å². The van der Waals surface area contributed by atoms with E-state index in [4.69, 9.17) is 27.8 Å². The van der Waals surface area contributed by atoms with E-state index in [1.54, 1.807) is 0 Å². The van der Waals surface area contributed by atoms with Gasteiger partial charge in [-0.2, -0.15) is 0 Å². The maximum atomic E-state index is 7.87. The first-order valence-corrected chi connectivity index (χ1v) is 27.7. The lowest BCUT2D eigenvalue weighted by atomic mass is 9.75. The van der Waals surface area contributed by atoms with Crippen LogP contribution in [0, 0.1) is 0 Å². The van der Waals surface area contributed by atoms with E-state index < -0.39 is 27.8 Å². The molecule has 0 bridgehead atoms. The number of rotatable bonds is 20. The van der Waals surface area contributed by atoms with Gasteiger partial charge in [-0.1, -0.05) is 184 Å². The predicted molar refractivity (Wildman–Crippen MR) is 260 cm³/mol. The van der Waals surface area contributed by atoms with E-state index in [9.17, 15) is 0 Å². The minimum absolute atomic E-state index is 0.00375. The Bertz CT molecular complexity index is 1860. The maximum absolute atomic E-state index is 7.87. The van der Waals surface area contributed by atoms with Gasteiger partial charge in [0, 0.05) is 32.5 Å². The van der Waals surface area contributed by atoms with Gasteiger partial charge in [0.15, 0.2) is 0 Å². The van der Waals surface area contributed by atoms with Crippen molar-refractivity contribution in [2.45, 2.75) is 179 Å². The molecule has 0 amide bonds. The molecule has 0 aromatic heterocycles. The zero-order valence-electron chi connectivity index (χ0n) is 39.9. The second-order valence-corrected chi connectivity index (χ2v) is 30.2. The Morgan fingerprint density at radius 1 is 0.645 bits per heavy atom. The maximum Gasteiger partial charge on any atom is 0.261 e. The summed E-state index contributed by atoms with van der Waals surface area (Å²) in [6.07, 6.45) is 3.40. The number of fused-ring (bicyclic) bond motifs is 1. The van der Waals surface area contributed by atoms with Crippen LogP contribution in [-0.4, -0.2) is 65.5 Å². The molecule has 2 heterocycles. The van der Waals surface area contributed by atoms with Gasteiger partial charge in [0.25, 0.3) is 8.32 Å². The van der Waals surface area contributed by atoms with Crippen LogP contribution in [-0.2, 0) is 41.0 Å². The van der Waals surface area contributed by atoms with Crippen LogP contribution in [0.2, 0.25) is 21.7 Å². The highest BCUT2D eigenvalue weighted by Gasteiger charge is 2.61. The fourth-order valence-electron chi connectivity index (χ4n) is 11.1. The molecule has 6 nitrogen and oxygen atoms in total. The summed E-state index contributed by atoms with van der Waals surface area (Å²) in [5, 5.41) is 2.54. The molecular formula is C54H78O6Si2. The molecule has 2 aliphatic rings. The molecule has 0 unspecified atom stereocenters. The third-order valence-electron chi connectivity index (χ3n) is 14.3.